The number of thiocarbonyl (C=S) groups is 1. The van der Waals surface area contributed by atoms with E-state index in [0.717, 1.165) is 19.3 Å². The number of sulfonamides is 1. The summed E-state index contributed by atoms with van der Waals surface area (Å²) in [6, 6.07) is 4.98. The van der Waals surface area contributed by atoms with Crippen LogP contribution in [0.25, 0.3) is 0 Å². The molecule has 0 heterocycles. The molecule has 2 rings (SSSR count). The Morgan fingerprint density at radius 2 is 2.14 bits per heavy atom. The molecule has 0 aliphatic heterocycles. The highest BCUT2D eigenvalue weighted by Gasteiger charge is 2.28. The summed E-state index contributed by atoms with van der Waals surface area (Å²) in [6.45, 7) is 1.76. The highest BCUT2D eigenvalue weighted by molar-refractivity contribution is 7.99. The lowest BCUT2D eigenvalue weighted by atomic mass is 10.1. The van der Waals surface area contributed by atoms with Crippen LogP contribution < -0.4 is 10.5 Å². The summed E-state index contributed by atoms with van der Waals surface area (Å²) in [5, 5.41) is 0.552. The van der Waals surface area contributed by atoms with Gasteiger partial charge in [-0.05, 0) is 50.1 Å². The summed E-state index contributed by atoms with van der Waals surface area (Å²) in [5.74, 6) is 0. The van der Waals surface area contributed by atoms with Crippen molar-refractivity contribution < 1.29 is 8.42 Å². The molecule has 0 bridgehead atoms. The zero-order chi connectivity index (χ0) is 15.6. The van der Waals surface area contributed by atoms with Crippen LogP contribution in [-0.4, -0.2) is 31.0 Å². The SMILES string of the molecule is CSC1CCC(NS(=O)(=O)c2ccc(C(N)=S)cc2C)C1. The van der Waals surface area contributed by atoms with Crippen LogP contribution in [0.2, 0.25) is 0 Å². The van der Waals surface area contributed by atoms with Crippen molar-refractivity contribution in [2.45, 2.75) is 42.4 Å². The number of hydrogen-bond acceptors (Lipinski definition) is 4. The van der Waals surface area contributed by atoms with Crippen LogP contribution in [0.4, 0.5) is 0 Å². The minimum atomic E-state index is -3.49. The van der Waals surface area contributed by atoms with Gasteiger partial charge in [-0.3, -0.25) is 0 Å². The Morgan fingerprint density at radius 3 is 2.67 bits per heavy atom. The third-order valence-electron chi connectivity index (χ3n) is 3.79. The van der Waals surface area contributed by atoms with E-state index in [2.05, 4.69) is 11.0 Å². The minimum Gasteiger partial charge on any atom is -0.389 e. The number of nitrogens with two attached hydrogens (primary N) is 1. The molecule has 2 atom stereocenters. The van der Waals surface area contributed by atoms with Crippen LogP contribution in [0, 0.1) is 6.92 Å². The van der Waals surface area contributed by atoms with Gasteiger partial charge in [0.2, 0.25) is 10.0 Å². The van der Waals surface area contributed by atoms with Gasteiger partial charge in [-0.2, -0.15) is 11.8 Å². The molecule has 1 aromatic carbocycles. The maximum Gasteiger partial charge on any atom is 0.241 e. The Kier molecular flexibility index (Phi) is 5.29. The molecule has 0 radical (unpaired) electrons. The maximum atomic E-state index is 12.5. The number of hydrogen-bond donors (Lipinski definition) is 2. The number of thioether (sulfide) groups is 1. The first kappa shape index (κ1) is 16.7. The molecule has 0 spiro atoms. The van der Waals surface area contributed by atoms with Gasteiger partial charge in [0.15, 0.2) is 0 Å². The third kappa shape index (κ3) is 3.97. The van der Waals surface area contributed by atoms with Crippen LogP contribution in [-0.2, 0) is 10.0 Å². The van der Waals surface area contributed by atoms with Gasteiger partial charge >= 0.3 is 0 Å². The Bertz CT molecular complexity index is 644. The Morgan fingerprint density at radius 1 is 1.43 bits per heavy atom. The van der Waals surface area contributed by atoms with Crippen molar-refractivity contribution >= 4 is 39.0 Å². The highest BCUT2D eigenvalue weighted by Crippen LogP contribution is 2.29. The summed E-state index contributed by atoms with van der Waals surface area (Å²) < 4.78 is 27.8. The second-order valence-corrected chi connectivity index (χ2v) is 8.59. The number of rotatable bonds is 5. The van der Waals surface area contributed by atoms with Crippen molar-refractivity contribution in [3.05, 3.63) is 29.3 Å². The normalized spacial score (nSPS) is 22.4. The lowest BCUT2D eigenvalue weighted by molar-refractivity contribution is 0.552. The average Bonchev–Trinajstić information content (AvgIpc) is 2.85. The minimum absolute atomic E-state index is 0.0297. The molecule has 0 saturated heterocycles. The van der Waals surface area contributed by atoms with Crippen LogP contribution in [0.1, 0.15) is 30.4 Å². The van der Waals surface area contributed by atoms with E-state index in [9.17, 15) is 8.42 Å². The highest BCUT2D eigenvalue weighted by atomic mass is 32.2. The molecule has 0 aromatic heterocycles. The largest absolute Gasteiger partial charge is 0.389 e. The third-order valence-corrected chi connectivity index (χ3v) is 6.80. The van der Waals surface area contributed by atoms with E-state index in [1.54, 1.807) is 36.9 Å². The number of aryl methyl sites for hydroxylation is 1. The summed E-state index contributed by atoms with van der Waals surface area (Å²) in [7, 11) is -3.49. The zero-order valence-electron chi connectivity index (χ0n) is 12.1. The Hall–Kier alpha value is -0.630. The smallest absolute Gasteiger partial charge is 0.241 e. The van der Waals surface area contributed by atoms with Crippen LogP contribution in [0.3, 0.4) is 0 Å². The number of nitrogens with one attached hydrogen (secondary N) is 1. The van der Waals surface area contributed by atoms with Gasteiger partial charge in [-0.25, -0.2) is 13.1 Å². The van der Waals surface area contributed by atoms with Gasteiger partial charge in [0.05, 0.1) is 4.90 Å². The predicted octanol–water partition coefficient (Wildman–Crippen LogP) is 2.19. The molecule has 0 amide bonds. The lowest BCUT2D eigenvalue weighted by Gasteiger charge is -2.15. The van der Waals surface area contributed by atoms with E-state index >= 15 is 0 Å². The first-order valence-electron chi connectivity index (χ1n) is 6.79. The molecular weight excluding hydrogens is 324 g/mol. The zero-order valence-corrected chi connectivity index (χ0v) is 14.6. The standard InChI is InChI=1S/C14H20N2O2S3/c1-9-7-10(14(15)19)3-6-13(9)21(17,18)16-11-4-5-12(8-11)20-2/h3,6-7,11-12,16H,4-5,8H2,1-2H3,(H2,15,19). The van der Waals surface area contributed by atoms with Crippen molar-refractivity contribution in [1.29, 1.82) is 0 Å². The molecule has 2 unspecified atom stereocenters. The van der Waals surface area contributed by atoms with Crippen molar-refractivity contribution in [3.8, 4) is 0 Å². The molecule has 1 aliphatic carbocycles. The van der Waals surface area contributed by atoms with E-state index in [0.29, 0.717) is 21.3 Å². The van der Waals surface area contributed by atoms with Gasteiger partial charge in [0, 0.05) is 16.9 Å². The molecule has 1 saturated carbocycles. The lowest BCUT2D eigenvalue weighted by Crippen LogP contribution is -2.33. The van der Waals surface area contributed by atoms with Crippen molar-refractivity contribution in [1.82, 2.24) is 4.72 Å². The Balaban J connectivity index is 2.18. The van der Waals surface area contributed by atoms with Crippen molar-refractivity contribution in [2.24, 2.45) is 5.73 Å². The molecule has 21 heavy (non-hydrogen) atoms. The van der Waals surface area contributed by atoms with Gasteiger partial charge < -0.3 is 5.73 Å². The van der Waals surface area contributed by atoms with E-state index < -0.39 is 10.0 Å². The van der Waals surface area contributed by atoms with Crippen molar-refractivity contribution in [2.75, 3.05) is 6.26 Å². The fraction of sp³-hybridized carbons (Fsp3) is 0.500. The van der Waals surface area contributed by atoms with E-state index in [4.69, 9.17) is 18.0 Å². The summed E-state index contributed by atoms with van der Waals surface area (Å²) in [4.78, 5) is 0.573. The fourth-order valence-electron chi connectivity index (χ4n) is 2.65. The van der Waals surface area contributed by atoms with Crippen LogP contribution in [0.5, 0.6) is 0 Å². The average molecular weight is 345 g/mol. The topological polar surface area (TPSA) is 72.2 Å². The van der Waals surface area contributed by atoms with Gasteiger partial charge in [-0.15, -0.1) is 0 Å². The van der Waals surface area contributed by atoms with Gasteiger partial charge in [0.25, 0.3) is 0 Å². The molecule has 4 nitrogen and oxygen atoms in total. The molecule has 3 N–H and O–H groups in total. The second-order valence-electron chi connectivity index (χ2n) is 5.33. The fourth-order valence-corrected chi connectivity index (χ4v) is 5.08. The van der Waals surface area contributed by atoms with E-state index in [1.165, 1.54) is 0 Å². The first-order valence-corrected chi connectivity index (χ1v) is 9.97. The molecular formula is C14H20N2O2S3. The van der Waals surface area contributed by atoms with Crippen molar-refractivity contribution in [3.63, 3.8) is 0 Å². The summed E-state index contributed by atoms with van der Waals surface area (Å²) in [6.07, 6.45) is 4.92. The van der Waals surface area contributed by atoms with E-state index in [1.807, 2.05) is 0 Å². The van der Waals surface area contributed by atoms with E-state index in [-0.39, 0.29) is 11.0 Å². The molecule has 1 aromatic rings. The predicted molar refractivity (Wildman–Crippen MR) is 92.3 cm³/mol. The van der Waals surface area contributed by atoms with Gasteiger partial charge in [0.1, 0.15) is 4.99 Å². The summed E-state index contributed by atoms with van der Waals surface area (Å²) in [5.41, 5.74) is 6.91. The Labute approximate surface area is 135 Å². The molecule has 1 aliphatic rings. The monoisotopic (exact) mass is 344 g/mol. The first-order chi connectivity index (χ1) is 9.83. The quantitative estimate of drug-likeness (QED) is 0.801. The second kappa shape index (κ2) is 6.64. The molecule has 116 valence electrons. The van der Waals surface area contributed by atoms with Crippen LogP contribution >= 0.6 is 24.0 Å². The van der Waals surface area contributed by atoms with Gasteiger partial charge in [-0.1, -0.05) is 18.3 Å². The number of benzene rings is 1. The maximum absolute atomic E-state index is 12.5. The summed E-state index contributed by atoms with van der Waals surface area (Å²) >= 11 is 6.71. The van der Waals surface area contributed by atoms with Crippen LogP contribution in [0.15, 0.2) is 23.1 Å². The molecule has 1 fully saturated rings. The molecule has 7 heteroatoms.